The molecule has 1 heterocycles. The Morgan fingerprint density at radius 2 is 2.00 bits per heavy atom. The monoisotopic (exact) mass is 345 g/mol. The van der Waals surface area contributed by atoms with Crippen molar-refractivity contribution in [3.63, 3.8) is 0 Å². The summed E-state index contributed by atoms with van der Waals surface area (Å²) in [7, 11) is 0. The Hall–Kier alpha value is -1.85. The van der Waals surface area contributed by atoms with Crippen LogP contribution in [0.3, 0.4) is 0 Å². The van der Waals surface area contributed by atoms with E-state index >= 15 is 0 Å². The summed E-state index contributed by atoms with van der Waals surface area (Å²) in [5.41, 5.74) is 8.09. The summed E-state index contributed by atoms with van der Waals surface area (Å²) >= 11 is 1.76. The Kier molecular flexibility index (Phi) is 6.82. The van der Waals surface area contributed by atoms with Gasteiger partial charge in [-0.05, 0) is 49.8 Å². The van der Waals surface area contributed by atoms with Crippen molar-refractivity contribution >= 4 is 17.3 Å². The number of ether oxygens (including phenoxy) is 1. The van der Waals surface area contributed by atoms with Crippen molar-refractivity contribution in [1.82, 2.24) is 5.32 Å². The largest absolute Gasteiger partial charge is 0.371 e. The van der Waals surface area contributed by atoms with Crippen LogP contribution in [0.2, 0.25) is 0 Å². The van der Waals surface area contributed by atoms with Gasteiger partial charge in [-0.1, -0.05) is 30.3 Å². The van der Waals surface area contributed by atoms with Crippen LogP contribution in [0, 0.1) is 0 Å². The predicted molar refractivity (Wildman–Crippen MR) is 102 cm³/mol. The number of nitrogens with zero attached hydrogens (tertiary/aromatic N) is 1. The summed E-state index contributed by atoms with van der Waals surface area (Å²) in [5.74, 6) is 0.489. The fraction of sp³-hybridized carbons (Fsp3) is 0.421. The molecule has 0 unspecified atom stereocenters. The lowest BCUT2D eigenvalue weighted by Gasteiger charge is -2.19. The van der Waals surface area contributed by atoms with Crippen LogP contribution < -0.4 is 11.1 Å². The predicted octanol–water partition coefficient (Wildman–Crippen LogP) is 3.71. The molecule has 1 aromatic carbocycles. The molecular formula is C19H27N3OS. The molecule has 4 nitrogen and oxygen atoms in total. The minimum atomic E-state index is -0.134. The summed E-state index contributed by atoms with van der Waals surface area (Å²) in [6.07, 6.45) is 0.966. The van der Waals surface area contributed by atoms with E-state index < -0.39 is 0 Å². The number of nitrogens with two attached hydrogens (primary N) is 1. The number of thiophene rings is 1. The van der Waals surface area contributed by atoms with Crippen LogP contribution in [0.15, 0.2) is 46.8 Å². The van der Waals surface area contributed by atoms with Gasteiger partial charge < -0.3 is 15.8 Å². The van der Waals surface area contributed by atoms with Gasteiger partial charge in [0.1, 0.15) is 0 Å². The molecule has 0 aliphatic carbocycles. The van der Waals surface area contributed by atoms with Crippen LogP contribution in [0.5, 0.6) is 0 Å². The van der Waals surface area contributed by atoms with Gasteiger partial charge >= 0.3 is 0 Å². The average molecular weight is 346 g/mol. The highest BCUT2D eigenvalue weighted by atomic mass is 32.1. The van der Waals surface area contributed by atoms with E-state index in [9.17, 15) is 0 Å². The van der Waals surface area contributed by atoms with Crippen molar-refractivity contribution in [1.29, 1.82) is 0 Å². The quantitative estimate of drug-likeness (QED) is 0.594. The lowest BCUT2D eigenvalue weighted by molar-refractivity contribution is -0.0149. The Morgan fingerprint density at radius 3 is 2.71 bits per heavy atom. The van der Waals surface area contributed by atoms with Crippen LogP contribution in [0.4, 0.5) is 0 Å². The molecule has 0 aliphatic rings. The second-order valence-corrected chi connectivity index (χ2v) is 7.71. The maximum atomic E-state index is 5.93. The lowest BCUT2D eigenvalue weighted by Crippen LogP contribution is -2.33. The second kappa shape index (κ2) is 8.85. The zero-order valence-electron chi connectivity index (χ0n) is 14.7. The molecule has 0 spiro atoms. The zero-order valence-corrected chi connectivity index (χ0v) is 15.5. The van der Waals surface area contributed by atoms with Gasteiger partial charge in [-0.25, -0.2) is 4.99 Å². The van der Waals surface area contributed by atoms with Crippen molar-refractivity contribution in [3.05, 3.63) is 57.8 Å². The summed E-state index contributed by atoms with van der Waals surface area (Å²) in [4.78, 5) is 5.76. The number of rotatable bonds is 7. The summed E-state index contributed by atoms with van der Waals surface area (Å²) in [6, 6.07) is 12.5. The zero-order chi connectivity index (χ0) is 17.4. The summed E-state index contributed by atoms with van der Waals surface area (Å²) in [6.45, 7) is 8.16. The molecule has 0 saturated carbocycles. The summed E-state index contributed by atoms with van der Waals surface area (Å²) in [5, 5.41) is 5.25. The van der Waals surface area contributed by atoms with Crippen molar-refractivity contribution in [2.45, 2.75) is 45.9 Å². The number of nitrogens with one attached hydrogen (secondary N) is 1. The molecule has 130 valence electrons. The van der Waals surface area contributed by atoms with E-state index in [1.807, 2.05) is 6.07 Å². The molecule has 5 heteroatoms. The van der Waals surface area contributed by atoms with E-state index in [0.29, 0.717) is 19.1 Å². The Morgan fingerprint density at radius 1 is 1.21 bits per heavy atom. The molecule has 0 bridgehead atoms. The molecule has 0 fully saturated rings. The van der Waals surface area contributed by atoms with Crippen molar-refractivity contribution in [2.75, 3.05) is 6.54 Å². The molecule has 0 radical (unpaired) electrons. The smallest absolute Gasteiger partial charge is 0.188 e. The first kappa shape index (κ1) is 18.5. The maximum absolute atomic E-state index is 5.93. The molecule has 0 atom stereocenters. The van der Waals surface area contributed by atoms with E-state index in [1.165, 1.54) is 4.88 Å². The van der Waals surface area contributed by atoms with Crippen LogP contribution in [-0.2, 0) is 24.3 Å². The molecule has 2 aromatic rings. The van der Waals surface area contributed by atoms with Crippen LogP contribution in [0.1, 0.15) is 36.8 Å². The van der Waals surface area contributed by atoms with Crippen LogP contribution in [-0.4, -0.2) is 18.1 Å². The molecule has 0 aliphatic heterocycles. The Balaban J connectivity index is 1.79. The fourth-order valence-electron chi connectivity index (χ4n) is 2.12. The van der Waals surface area contributed by atoms with Gasteiger partial charge in [-0.15, -0.1) is 11.3 Å². The fourth-order valence-corrected chi connectivity index (χ4v) is 2.83. The molecule has 1 aromatic heterocycles. The third-order valence-corrected chi connectivity index (χ3v) is 4.29. The molecule has 0 saturated heterocycles. The lowest BCUT2D eigenvalue weighted by atomic mass is 10.1. The third-order valence-electron chi connectivity index (χ3n) is 3.35. The second-order valence-electron chi connectivity index (χ2n) is 6.68. The van der Waals surface area contributed by atoms with Crippen molar-refractivity contribution < 1.29 is 4.74 Å². The van der Waals surface area contributed by atoms with E-state index in [-0.39, 0.29) is 5.60 Å². The van der Waals surface area contributed by atoms with E-state index in [2.05, 4.69) is 66.8 Å². The molecule has 24 heavy (non-hydrogen) atoms. The van der Waals surface area contributed by atoms with E-state index in [0.717, 1.165) is 24.1 Å². The van der Waals surface area contributed by atoms with Gasteiger partial charge in [0.25, 0.3) is 0 Å². The SMILES string of the molecule is CC(C)(C)OCc1cccc(CN=C(N)NCCc2cccs2)c1. The number of guanidine groups is 1. The minimum Gasteiger partial charge on any atom is -0.371 e. The number of hydrogen-bond donors (Lipinski definition) is 2. The molecule has 3 N–H and O–H groups in total. The van der Waals surface area contributed by atoms with Crippen molar-refractivity contribution in [2.24, 2.45) is 10.7 Å². The van der Waals surface area contributed by atoms with Gasteiger partial charge in [0, 0.05) is 11.4 Å². The van der Waals surface area contributed by atoms with Crippen LogP contribution in [0.25, 0.3) is 0 Å². The summed E-state index contributed by atoms with van der Waals surface area (Å²) < 4.78 is 5.81. The Bertz CT molecular complexity index is 645. The third kappa shape index (κ3) is 7.15. The minimum absolute atomic E-state index is 0.134. The first-order valence-electron chi connectivity index (χ1n) is 8.20. The van der Waals surface area contributed by atoms with E-state index in [4.69, 9.17) is 10.5 Å². The number of hydrogen-bond acceptors (Lipinski definition) is 3. The molecular weight excluding hydrogens is 318 g/mol. The van der Waals surface area contributed by atoms with Gasteiger partial charge in [0.2, 0.25) is 0 Å². The standard InChI is InChI=1S/C19H27N3OS/c1-19(2,3)23-14-16-7-4-6-15(12-16)13-22-18(20)21-10-9-17-8-5-11-24-17/h4-8,11-12H,9-10,13-14H2,1-3H3,(H3,20,21,22). The van der Waals surface area contributed by atoms with Gasteiger partial charge in [-0.3, -0.25) is 0 Å². The normalized spacial score (nSPS) is 12.4. The maximum Gasteiger partial charge on any atom is 0.188 e. The van der Waals surface area contributed by atoms with E-state index in [1.54, 1.807) is 11.3 Å². The topological polar surface area (TPSA) is 59.6 Å². The van der Waals surface area contributed by atoms with Gasteiger partial charge in [-0.2, -0.15) is 0 Å². The van der Waals surface area contributed by atoms with Crippen LogP contribution >= 0.6 is 11.3 Å². The first-order chi connectivity index (χ1) is 11.4. The molecule has 2 rings (SSSR count). The first-order valence-corrected chi connectivity index (χ1v) is 9.08. The Labute approximate surface area is 148 Å². The van der Waals surface area contributed by atoms with Crippen molar-refractivity contribution in [3.8, 4) is 0 Å². The highest BCUT2D eigenvalue weighted by Crippen LogP contribution is 2.13. The number of aliphatic imine (C=N–C) groups is 1. The number of benzene rings is 1. The highest BCUT2D eigenvalue weighted by molar-refractivity contribution is 7.09. The molecule has 0 amide bonds. The average Bonchev–Trinajstić information content (AvgIpc) is 3.04. The van der Waals surface area contributed by atoms with Gasteiger partial charge in [0.15, 0.2) is 5.96 Å². The van der Waals surface area contributed by atoms with Gasteiger partial charge in [0.05, 0.1) is 18.8 Å². The highest BCUT2D eigenvalue weighted by Gasteiger charge is 2.10.